The zero-order chi connectivity index (χ0) is 20.4. The van der Waals surface area contributed by atoms with Crippen molar-refractivity contribution in [2.45, 2.75) is 25.5 Å². The molecule has 4 rings (SSSR count). The lowest BCUT2D eigenvalue weighted by Crippen LogP contribution is -2.28. The maximum Gasteiger partial charge on any atom is 0.270 e. The number of carbonyl (C=O) groups is 1. The van der Waals surface area contributed by atoms with Gasteiger partial charge in [0.2, 0.25) is 0 Å². The third kappa shape index (κ3) is 4.17. The van der Waals surface area contributed by atoms with Crippen molar-refractivity contribution in [1.82, 2.24) is 15.1 Å². The third-order valence-corrected chi connectivity index (χ3v) is 5.45. The number of amides is 1. The van der Waals surface area contributed by atoms with E-state index in [9.17, 15) is 9.90 Å². The number of hydrogen-bond donors (Lipinski definition) is 2. The smallest absolute Gasteiger partial charge is 0.270 e. The average Bonchev–Trinajstić information content (AvgIpc) is 3.34. The van der Waals surface area contributed by atoms with Crippen LogP contribution in [0.25, 0.3) is 11.3 Å². The maximum absolute atomic E-state index is 12.8. The minimum Gasteiger partial charge on any atom is -0.391 e. The molecule has 2 atom stereocenters. The predicted molar refractivity (Wildman–Crippen MR) is 114 cm³/mol. The highest BCUT2D eigenvalue weighted by Crippen LogP contribution is 2.23. The summed E-state index contributed by atoms with van der Waals surface area (Å²) in [6.07, 6.45) is 0.566. The van der Waals surface area contributed by atoms with Crippen LogP contribution < -0.4 is 10.2 Å². The summed E-state index contributed by atoms with van der Waals surface area (Å²) < 4.78 is 1.62. The van der Waals surface area contributed by atoms with E-state index in [-0.39, 0.29) is 18.1 Å². The van der Waals surface area contributed by atoms with Crippen LogP contribution in [-0.2, 0) is 7.05 Å². The van der Waals surface area contributed by atoms with Crippen LogP contribution in [0.15, 0.2) is 60.7 Å². The quantitative estimate of drug-likeness (QED) is 0.702. The second-order valence-electron chi connectivity index (χ2n) is 7.58. The number of nitrogens with zero attached hydrogens (tertiary/aromatic N) is 3. The summed E-state index contributed by atoms with van der Waals surface area (Å²) in [6.45, 7) is 3.52. The molecule has 3 aromatic rings. The van der Waals surface area contributed by atoms with E-state index in [1.807, 2.05) is 67.6 Å². The van der Waals surface area contributed by atoms with E-state index < -0.39 is 0 Å². The Morgan fingerprint density at radius 2 is 1.90 bits per heavy atom. The van der Waals surface area contributed by atoms with Gasteiger partial charge in [0, 0.05) is 31.4 Å². The van der Waals surface area contributed by atoms with Gasteiger partial charge in [-0.3, -0.25) is 9.48 Å². The minimum absolute atomic E-state index is 0.129. The van der Waals surface area contributed by atoms with Crippen LogP contribution in [0.5, 0.6) is 0 Å². The van der Waals surface area contributed by atoms with Crippen molar-refractivity contribution in [3.05, 3.63) is 71.9 Å². The number of anilines is 1. The minimum atomic E-state index is -0.243. The summed E-state index contributed by atoms with van der Waals surface area (Å²) in [5.41, 5.74) is 4.43. The molecule has 29 heavy (non-hydrogen) atoms. The number of nitrogens with one attached hydrogen (secondary N) is 1. The van der Waals surface area contributed by atoms with Gasteiger partial charge in [-0.1, -0.05) is 42.5 Å². The molecule has 1 fully saturated rings. The van der Waals surface area contributed by atoms with Gasteiger partial charge in [-0.15, -0.1) is 0 Å². The van der Waals surface area contributed by atoms with Crippen LogP contribution >= 0.6 is 0 Å². The van der Waals surface area contributed by atoms with Crippen molar-refractivity contribution in [2.75, 3.05) is 18.0 Å². The van der Waals surface area contributed by atoms with Crippen LogP contribution in [0, 0.1) is 0 Å². The first-order valence-corrected chi connectivity index (χ1v) is 9.94. The van der Waals surface area contributed by atoms with E-state index >= 15 is 0 Å². The Morgan fingerprint density at radius 1 is 1.17 bits per heavy atom. The molecular formula is C23H26N4O2. The molecule has 0 unspecified atom stereocenters. The molecule has 1 aliphatic rings. The fourth-order valence-corrected chi connectivity index (χ4v) is 3.73. The lowest BCUT2D eigenvalue weighted by Gasteiger charge is -2.19. The van der Waals surface area contributed by atoms with E-state index in [0.29, 0.717) is 12.2 Å². The second-order valence-corrected chi connectivity index (χ2v) is 7.58. The molecule has 1 aliphatic heterocycles. The third-order valence-electron chi connectivity index (χ3n) is 5.45. The van der Waals surface area contributed by atoms with Gasteiger partial charge in [0.15, 0.2) is 0 Å². The molecule has 0 radical (unpaired) electrons. The fraction of sp³-hybridized carbons (Fsp3) is 0.304. The van der Waals surface area contributed by atoms with Gasteiger partial charge in [0.1, 0.15) is 5.69 Å². The number of benzene rings is 2. The number of aliphatic hydroxyl groups is 1. The SMILES string of the molecule is C[C@@H](NC(=O)c1cc(-c2ccccc2)nn1C)c1ccc(N2CC[C@H](O)C2)cc1. The fourth-order valence-electron chi connectivity index (χ4n) is 3.73. The number of aliphatic hydroxyl groups excluding tert-OH is 1. The normalized spacial score (nSPS) is 17.3. The van der Waals surface area contributed by atoms with Crippen LogP contribution in [-0.4, -0.2) is 40.0 Å². The summed E-state index contributed by atoms with van der Waals surface area (Å²) >= 11 is 0. The van der Waals surface area contributed by atoms with E-state index in [1.165, 1.54) is 0 Å². The number of β-amino-alcohol motifs (C(OH)–C–C–N with tert-alkyl or cyclic N) is 1. The Labute approximate surface area is 170 Å². The summed E-state index contributed by atoms with van der Waals surface area (Å²) in [5.74, 6) is -0.151. The molecule has 2 N–H and O–H groups in total. The highest BCUT2D eigenvalue weighted by Gasteiger charge is 2.21. The van der Waals surface area contributed by atoms with E-state index in [2.05, 4.69) is 15.3 Å². The molecule has 2 heterocycles. The van der Waals surface area contributed by atoms with Crippen molar-refractivity contribution in [3.8, 4) is 11.3 Å². The molecular weight excluding hydrogens is 364 g/mol. The topological polar surface area (TPSA) is 70.4 Å². The van der Waals surface area contributed by atoms with E-state index in [0.717, 1.165) is 35.5 Å². The monoisotopic (exact) mass is 390 g/mol. The summed E-state index contributed by atoms with van der Waals surface area (Å²) in [4.78, 5) is 15.0. The lowest BCUT2D eigenvalue weighted by atomic mass is 10.1. The van der Waals surface area contributed by atoms with Crippen molar-refractivity contribution in [2.24, 2.45) is 7.05 Å². The lowest BCUT2D eigenvalue weighted by molar-refractivity contribution is 0.0930. The number of rotatable bonds is 5. The Bertz CT molecular complexity index is 982. The predicted octanol–water partition coefficient (Wildman–Crippen LogP) is 3.15. The average molecular weight is 390 g/mol. The largest absolute Gasteiger partial charge is 0.391 e. The summed E-state index contributed by atoms with van der Waals surface area (Å²) in [6, 6.07) is 19.7. The Hall–Kier alpha value is -3.12. The number of aryl methyl sites for hydroxylation is 1. The van der Waals surface area contributed by atoms with E-state index in [1.54, 1.807) is 11.7 Å². The number of hydrogen-bond acceptors (Lipinski definition) is 4. The highest BCUT2D eigenvalue weighted by molar-refractivity contribution is 5.94. The highest BCUT2D eigenvalue weighted by atomic mass is 16.3. The molecule has 1 aromatic heterocycles. The Morgan fingerprint density at radius 3 is 2.55 bits per heavy atom. The van der Waals surface area contributed by atoms with Gasteiger partial charge >= 0.3 is 0 Å². The van der Waals surface area contributed by atoms with Crippen molar-refractivity contribution in [1.29, 1.82) is 0 Å². The Kier molecular flexibility index (Phi) is 5.36. The number of aromatic nitrogens is 2. The molecule has 150 valence electrons. The van der Waals surface area contributed by atoms with Crippen molar-refractivity contribution >= 4 is 11.6 Å². The van der Waals surface area contributed by atoms with Crippen LogP contribution in [0.1, 0.15) is 35.4 Å². The summed E-state index contributed by atoms with van der Waals surface area (Å²) in [5, 5.41) is 17.2. The first kappa shape index (κ1) is 19.2. The van der Waals surface area contributed by atoms with Crippen molar-refractivity contribution < 1.29 is 9.90 Å². The molecule has 2 aromatic carbocycles. The maximum atomic E-state index is 12.8. The molecule has 6 nitrogen and oxygen atoms in total. The van der Waals surface area contributed by atoms with Gasteiger partial charge in [-0.25, -0.2) is 0 Å². The molecule has 0 bridgehead atoms. The van der Waals surface area contributed by atoms with E-state index in [4.69, 9.17) is 0 Å². The standard InChI is InChI=1S/C23H26N4O2/c1-16(17-8-10-19(11-9-17)27-13-12-20(28)15-27)24-23(29)22-14-21(25-26(22)2)18-6-4-3-5-7-18/h3-11,14,16,20,28H,12-13,15H2,1-2H3,(H,24,29)/t16-,20+/m1/s1. The first-order chi connectivity index (χ1) is 14.0. The van der Waals surface area contributed by atoms with Gasteiger partial charge < -0.3 is 15.3 Å². The van der Waals surface area contributed by atoms with Crippen molar-refractivity contribution in [3.63, 3.8) is 0 Å². The van der Waals surface area contributed by atoms with Crippen LogP contribution in [0.2, 0.25) is 0 Å². The van der Waals surface area contributed by atoms with Gasteiger partial charge in [0.05, 0.1) is 17.8 Å². The van der Waals surface area contributed by atoms with Gasteiger partial charge in [-0.05, 0) is 37.1 Å². The Balaban J connectivity index is 1.44. The van der Waals surface area contributed by atoms with Gasteiger partial charge in [-0.2, -0.15) is 5.10 Å². The zero-order valence-corrected chi connectivity index (χ0v) is 16.7. The van der Waals surface area contributed by atoms with Gasteiger partial charge in [0.25, 0.3) is 5.91 Å². The molecule has 1 amide bonds. The zero-order valence-electron chi connectivity index (χ0n) is 16.7. The molecule has 1 saturated heterocycles. The molecule has 0 saturated carbocycles. The molecule has 0 spiro atoms. The number of carbonyl (C=O) groups excluding carboxylic acids is 1. The molecule has 6 heteroatoms. The first-order valence-electron chi connectivity index (χ1n) is 9.94. The second kappa shape index (κ2) is 8.09. The van der Waals surface area contributed by atoms with Crippen LogP contribution in [0.3, 0.4) is 0 Å². The van der Waals surface area contributed by atoms with Crippen LogP contribution in [0.4, 0.5) is 5.69 Å². The molecule has 0 aliphatic carbocycles. The summed E-state index contributed by atoms with van der Waals surface area (Å²) in [7, 11) is 1.78.